The van der Waals surface area contributed by atoms with Gasteiger partial charge in [-0.2, -0.15) is 5.26 Å². The number of hydrogen-bond acceptors (Lipinski definition) is 6. The van der Waals surface area contributed by atoms with Gasteiger partial charge in [0.1, 0.15) is 29.1 Å². The Morgan fingerprint density at radius 2 is 2.03 bits per heavy atom. The van der Waals surface area contributed by atoms with Gasteiger partial charge in [-0.25, -0.2) is 4.79 Å². The summed E-state index contributed by atoms with van der Waals surface area (Å²) in [6.45, 7) is 1.87. The molecule has 0 bridgehead atoms. The van der Waals surface area contributed by atoms with Gasteiger partial charge in [-0.05, 0) is 67.8 Å². The highest BCUT2D eigenvalue weighted by molar-refractivity contribution is 5.88. The summed E-state index contributed by atoms with van der Waals surface area (Å²) in [6.07, 6.45) is 8.55. The minimum atomic E-state index is -0.544. The van der Waals surface area contributed by atoms with E-state index in [4.69, 9.17) is 14.2 Å². The molecule has 2 aromatic carbocycles. The van der Waals surface area contributed by atoms with Crippen molar-refractivity contribution in [3.05, 3.63) is 77.7 Å². The predicted octanol–water partition coefficient (Wildman–Crippen LogP) is 6.00. The molecule has 1 aromatic heterocycles. The third-order valence-corrected chi connectivity index (χ3v) is 4.98. The molecule has 0 atom stereocenters. The van der Waals surface area contributed by atoms with Crippen molar-refractivity contribution in [1.82, 2.24) is 4.98 Å². The number of carbonyl (C=O) groups excluding carboxylic acids is 1. The molecule has 1 heterocycles. The molecule has 0 aliphatic heterocycles. The number of carbonyl (C=O) groups is 1. The first-order valence-corrected chi connectivity index (χ1v) is 10.1. The summed E-state index contributed by atoms with van der Waals surface area (Å²) in [7, 11) is 1.51. The molecule has 7 heteroatoms. The smallest absolute Gasteiger partial charge is 0.417 e. The predicted molar refractivity (Wildman–Crippen MR) is 121 cm³/mol. The Morgan fingerprint density at radius 3 is 2.75 bits per heavy atom. The third-order valence-electron chi connectivity index (χ3n) is 4.98. The maximum atomic E-state index is 12.2. The zero-order chi connectivity index (χ0) is 22.5. The quantitative estimate of drug-likeness (QED) is 0.537. The van der Waals surface area contributed by atoms with E-state index < -0.39 is 6.09 Å². The number of hydrogen-bond donors (Lipinski definition) is 1. The van der Waals surface area contributed by atoms with Crippen LogP contribution in [0.4, 0.5) is 10.5 Å². The largest absolute Gasteiger partial charge is 0.495 e. The van der Waals surface area contributed by atoms with Gasteiger partial charge in [-0.15, -0.1) is 0 Å². The van der Waals surface area contributed by atoms with Gasteiger partial charge in [0.05, 0.1) is 18.2 Å². The van der Waals surface area contributed by atoms with Gasteiger partial charge in [0.15, 0.2) is 0 Å². The lowest BCUT2D eigenvalue weighted by molar-refractivity contribution is 0.194. The van der Waals surface area contributed by atoms with Gasteiger partial charge in [-0.3, -0.25) is 10.3 Å². The van der Waals surface area contributed by atoms with Gasteiger partial charge in [0, 0.05) is 23.3 Å². The van der Waals surface area contributed by atoms with Gasteiger partial charge in [0.2, 0.25) is 0 Å². The van der Waals surface area contributed by atoms with Crippen LogP contribution in [0.5, 0.6) is 17.2 Å². The second-order valence-corrected chi connectivity index (χ2v) is 7.17. The molecule has 0 saturated heterocycles. The zero-order valence-corrected chi connectivity index (χ0v) is 17.7. The van der Waals surface area contributed by atoms with Gasteiger partial charge in [-0.1, -0.05) is 6.08 Å². The molecule has 1 aliphatic rings. The SMILES string of the molecule is COc1cc2nccc(Oc3ccc(NC(=O)OC4=CCCC=C4)c(C)c3)c2cc1C#N. The standard InChI is InChI=1S/C25H21N3O4/c1-16-12-19(8-9-21(16)28-25(29)32-18-6-4-3-5-7-18)31-23-10-11-27-22-14-24(30-2)17(15-26)13-20(22)23/h4,6-14H,3,5H2,1-2H3,(H,28,29). The summed E-state index contributed by atoms with van der Waals surface area (Å²) >= 11 is 0. The number of rotatable bonds is 5. The topological polar surface area (TPSA) is 93.5 Å². The molecule has 0 unspecified atom stereocenters. The Hall–Kier alpha value is -4.31. The highest BCUT2D eigenvalue weighted by Gasteiger charge is 2.13. The van der Waals surface area contributed by atoms with Crippen molar-refractivity contribution in [3.8, 4) is 23.3 Å². The van der Waals surface area contributed by atoms with Crippen molar-refractivity contribution < 1.29 is 19.0 Å². The molecule has 7 nitrogen and oxygen atoms in total. The lowest BCUT2D eigenvalue weighted by atomic mass is 10.1. The van der Waals surface area contributed by atoms with Gasteiger partial charge >= 0.3 is 6.09 Å². The van der Waals surface area contributed by atoms with Crippen LogP contribution in [0.2, 0.25) is 0 Å². The molecule has 0 fully saturated rings. The van der Waals surface area contributed by atoms with E-state index in [1.807, 2.05) is 25.1 Å². The number of amides is 1. The number of ether oxygens (including phenoxy) is 3. The van der Waals surface area contributed by atoms with Gasteiger partial charge in [0.25, 0.3) is 0 Å². The van der Waals surface area contributed by atoms with Crippen LogP contribution in [0.3, 0.4) is 0 Å². The summed E-state index contributed by atoms with van der Waals surface area (Å²) in [5.41, 5.74) is 2.49. The molecule has 1 aliphatic carbocycles. The first-order valence-electron chi connectivity index (χ1n) is 10.1. The minimum absolute atomic E-state index is 0.398. The maximum absolute atomic E-state index is 12.2. The van der Waals surface area contributed by atoms with E-state index in [2.05, 4.69) is 16.4 Å². The van der Waals surface area contributed by atoms with Crippen LogP contribution in [0, 0.1) is 18.3 Å². The Balaban J connectivity index is 1.53. The number of pyridine rings is 1. The van der Waals surface area contributed by atoms with Crippen LogP contribution in [0.15, 0.2) is 66.6 Å². The van der Waals surface area contributed by atoms with E-state index in [-0.39, 0.29) is 0 Å². The Labute approximate surface area is 185 Å². The normalized spacial score (nSPS) is 12.6. The molecular formula is C25H21N3O4. The molecule has 0 spiro atoms. The molecule has 4 rings (SSSR count). The second-order valence-electron chi connectivity index (χ2n) is 7.17. The first-order chi connectivity index (χ1) is 15.6. The summed E-state index contributed by atoms with van der Waals surface area (Å²) in [5, 5.41) is 12.8. The fraction of sp³-hybridized carbons (Fsp3) is 0.160. The molecule has 32 heavy (non-hydrogen) atoms. The van der Waals surface area contributed by atoms with Crippen molar-refractivity contribution in [2.45, 2.75) is 19.8 Å². The number of aryl methyl sites for hydroxylation is 1. The number of allylic oxidation sites excluding steroid dienone is 3. The van der Waals surface area contributed by atoms with Crippen LogP contribution in [0.1, 0.15) is 24.0 Å². The molecule has 0 saturated carbocycles. The number of nitriles is 1. The fourth-order valence-electron chi connectivity index (χ4n) is 3.37. The fourth-order valence-corrected chi connectivity index (χ4v) is 3.37. The first kappa shape index (κ1) is 20.9. The summed E-state index contributed by atoms with van der Waals surface area (Å²) in [5.74, 6) is 2.15. The van der Waals surface area contributed by atoms with E-state index in [9.17, 15) is 10.1 Å². The molecular weight excluding hydrogens is 406 g/mol. The van der Waals surface area contributed by atoms with Crippen molar-refractivity contribution >= 4 is 22.7 Å². The van der Waals surface area contributed by atoms with Crippen molar-refractivity contribution in [2.24, 2.45) is 0 Å². The van der Waals surface area contributed by atoms with Gasteiger partial charge < -0.3 is 14.2 Å². The van der Waals surface area contributed by atoms with E-state index in [1.165, 1.54) is 7.11 Å². The number of aromatic nitrogens is 1. The Bertz CT molecular complexity index is 1290. The van der Waals surface area contributed by atoms with Crippen molar-refractivity contribution in [1.29, 1.82) is 5.26 Å². The number of anilines is 1. The van der Waals surface area contributed by atoms with Crippen LogP contribution in [-0.4, -0.2) is 18.2 Å². The minimum Gasteiger partial charge on any atom is -0.495 e. The average molecular weight is 427 g/mol. The van der Waals surface area contributed by atoms with Crippen LogP contribution in [0.25, 0.3) is 10.9 Å². The zero-order valence-electron chi connectivity index (χ0n) is 17.7. The van der Waals surface area contributed by atoms with E-state index in [1.54, 1.807) is 42.6 Å². The summed E-state index contributed by atoms with van der Waals surface area (Å²) in [4.78, 5) is 16.5. The van der Waals surface area contributed by atoms with Crippen molar-refractivity contribution in [2.75, 3.05) is 12.4 Å². The summed E-state index contributed by atoms with van der Waals surface area (Å²) < 4.78 is 16.6. The molecule has 160 valence electrons. The number of methoxy groups -OCH3 is 1. The van der Waals surface area contributed by atoms with E-state index in [0.29, 0.717) is 45.2 Å². The van der Waals surface area contributed by atoms with Crippen LogP contribution < -0.4 is 14.8 Å². The summed E-state index contributed by atoms with van der Waals surface area (Å²) in [6, 6.07) is 12.6. The highest BCUT2D eigenvalue weighted by Crippen LogP contribution is 2.34. The maximum Gasteiger partial charge on any atom is 0.417 e. The molecule has 1 N–H and O–H groups in total. The molecule has 0 radical (unpaired) electrons. The number of benzene rings is 2. The van der Waals surface area contributed by atoms with Crippen LogP contribution >= 0.6 is 0 Å². The monoisotopic (exact) mass is 427 g/mol. The lowest BCUT2D eigenvalue weighted by Gasteiger charge is -2.13. The van der Waals surface area contributed by atoms with E-state index in [0.717, 1.165) is 18.4 Å². The second kappa shape index (κ2) is 9.23. The number of nitrogens with zero attached hydrogens (tertiary/aromatic N) is 2. The third kappa shape index (κ3) is 4.55. The molecule has 1 amide bonds. The molecule has 3 aromatic rings. The number of fused-ring (bicyclic) bond motifs is 1. The lowest BCUT2D eigenvalue weighted by Crippen LogP contribution is -2.14. The van der Waals surface area contributed by atoms with Crippen LogP contribution in [-0.2, 0) is 4.74 Å². The Morgan fingerprint density at radius 1 is 1.16 bits per heavy atom. The van der Waals surface area contributed by atoms with Crippen molar-refractivity contribution in [3.63, 3.8) is 0 Å². The van der Waals surface area contributed by atoms with E-state index >= 15 is 0 Å². The Kier molecular flexibility index (Phi) is 6.04. The average Bonchev–Trinajstić information content (AvgIpc) is 2.80. The highest BCUT2D eigenvalue weighted by atomic mass is 16.6. The number of nitrogens with one attached hydrogen (secondary N) is 1.